The van der Waals surface area contributed by atoms with Crippen LogP contribution < -0.4 is 23.0 Å². The summed E-state index contributed by atoms with van der Waals surface area (Å²) in [7, 11) is -4.94. The third-order valence-corrected chi connectivity index (χ3v) is 3.15. The Bertz CT molecular complexity index is 783. The number of hydrogen-bond donors (Lipinski definition) is 0. The van der Waals surface area contributed by atoms with Crippen molar-refractivity contribution < 1.29 is 33.3 Å². The second-order valence-electron chi connectivity index (χ2n) is 4.07. The van der Waals surface area contributed by atoms with Crippen molar-refractivity contribution in [2.75, 3.05) is 0 Å². The first-order chi connectivity index (χ1) is 9.74. The molecule has 0 radical (unpaired) electrons. The van der Waals surface area contributed by atoms with E-state index in [0.29, 0.717) is 10.0 Å². The van der Waals surface area contributed by atoms with E-state index < -0.39 is 10.2 Å². The highest BCUT2D eigenvalue weighted by Gasteiger charge is 2.08. The molecular formula is C13H8Cl3NO4. The minimum Gasteiger partial charge on any atom is -0.222 e. The van der Waals surface area contributed by atoms with Crippen LogP contribution in [0, 0.1) is 10.2 Å². The molecule has 2 aromatic heterocycles. The van der Waals surface area contributed by atoms with Gasteiger partial charge in [-0.25, -0.2) is 18.6 Å². The van der Waals surface area contributed by atoms with Crippen LogP contribution in [-0.2, 0) is 0 Å². The van der Waals surface area contributed by atoms with E-state index in [0.717, 1.165) is 16.3 Å². The van der Waals surface area contributed by atoms with Crippen molar-refractivity contribution in [1.82, 2.24) is 0 Å². The third kappa shape index (κ3) is 4.66. The molecule has 0 atom stereocenters. The average molecular weight is 349 g/mol. The highest BCUT2D eigenvalue weighted by atomic mass is 35.7. The van der Waals surface area contributed by atoms with Crippen molar-refractivity contribution in [2.45, 2.75) is 0 Å². The maximum absolute atomic E-state index is 8.49. The summed E-state index contributed by atoms with van der Waals surface area (Å²) in [6.07, 6.45) is 4.02. The molecule has 5 nitrogen and oxygen atoms in total. The van der Waals surface area contributed by atoms with Gasteiger partial charge in [0.15, 0.2) is 12.4 Å². The zero-order valence-corrected chi connectivity index (χ0v) is 12.6. The van der Waals surface area contributed by atoms with E-state index in [1.165, 1.54) is 0 Å². The minimum atomic E-state index is -4.94. The highest BCUT2D eigenvalue weighted by Crippen LogP contribution is 2.27. The van der Waals surface area contributed by atoms with E-state index in [2.05, 4.69) is 6.07 Å². The Labute approximate surface area is 131 Å². The Morgan fingerprint density at radius 1 is 0.952 bits per heavy atom. The summed E-state index contributed by atoms with van der Waals surface area (Å²) >= 11 is 12.1. The largest absolute Gasteiger partial charge is 0.222 e. The molecule has 0 aliphatic heterocycles. The number of rotatable bonds is 0. The molecule has 0 bridgehead atoms. The summed E-state index contributed by atoms with van der Waals surface area (Å²) in [6, 6.07) is 11.8. The Kier molecular flexibility index (Phi) is 4.85. The molecule has 3 aromatic rings. The van der Waals surface area contributed by atoms with Gasteiger partial charge in [-0.15, -0.1) is 10.2 Å². The van der Waals surface area contributed by atoms with Gasteiger partial charge in [-0.05, 0) is 23.6 Å². The smallest absolute Gasteiger partial charge is 0.211 e. The first kappa shape index (κ1) is 16.2. The van der Waals surface area contributed by atoms with E-state index in [1.807, 2.05) is 41.1 Å². The van der Waals surface area contributed by atoms with Crippen LogP contribution in [0.2, 0.25) is 10.0 Å². The number of nitrogens with zero attached hydrogens (tertiary/aromatic N) is 1. The predicted octanol–water partition coefficient (Wildman–Crippen LogP) is -0.871. The summed E-state index contributed by atoms with van der Waals surface area (Å²) < 4.78 is 36.0. The first-order valence-corrected chi connectivity index (χ1v) is 7.53. The lowest BCUT2D eigenvalue weighted by Gasteiger charge is -2.17. The quantitative estimate of drug-likeness (QED) is 0.390. The summed E-state index contributed by atoms with van der Waals surface area (Å²) in [5.41, 5.74) is 1.12. The predicted molar refractivity (Wildman–Crippen MR) is 67.1 cm³/mol. The molecule has 0 fully saturated rings. The Balaban J connectivity index is 0.000000282. The fourth-order valence-electron chi connectivity index (χ4n) is 1.87. The maximum atomic E-state index is 8.49. The molecule has 8 heteroatoms. The van der Waals surface area contributed by atoms with Crippen molar-refractivity contribution in [3.05, 3.63) is 58.8 Å². The van der Waals surface area contributed by atoms with Crippen molar-refractivity contribution in [2.24, 2.45) is 0 Å². The molecule has 21 heavy (non-hydrogen) atoms. The van der Waals surface area contributed by atoms with E-state index in [-0.39, 0.29) is 0 Å². The summed E-state index contributed by atoms with van der Waals surface area (Å²) in [5.74, 6) is 0. The molecule has 3 rings (SSSR count). The molecule has 0 amide bonds. The zero-order valence-electron chi connectivity index (χ0n) is 10.3. The van der Waals surface area contributed by atoms with Crippen molar-refractivity contribution in [3.63, 3.8) is 0 Å². The van der Waals surface area contributed by atoms with E-state index in [4.69, 9.17) is 41.8 Å². The molecule has 2 heterocycles. The average Bonchev–Trinajstić information content (AvgIpc) is 2.34. The molecule has 0 saturated heterocycles. The number of fused-ring (bicyclic) bond motifs is 2. The van der Waals surface area contributed by atoms with Crippen LogP contribution in [0.25, 0.3) is 16.3 Å². The second-order valence-corrected chi connectivity index (χ2v) is 5.67. The lowest BCUT2D eigenvalue weighted by Crippen LogP contribution is -2.68. The first-order valence-electron chi connectivity index (χ1n) is 5.54. The molecule has 0 aliphatic rings. The van der Waals surface area contributed by atoms with Gasteiger partial charge in [0.25, 0.3) is 0 Å². The molecular weight excluding hydrogens is 341 g/mol. The van der Waals surface area contributed by atoms with Crippen molar-refractivity contribution in [3.8, 4) is 0 Å². The molecule has 0 unspecified atom stereocenters. The summed E-state index contributed by atoms with van der Waals surface area (Å²) in [5, 5.41) is 3.41. The second kappa shape index (κ2) is 6.29. The molecule has 1 aromatic carbocycles. The maximum Gasteiger partial charge on any atom is 0.211 e. The summed E-state index contributed by atoms with van der Waals surface area (Å²) in [6.45, 7) is 0. The van der Waals surface area contributed by atoms with Crippen LogP contribution in [0.1, 0.15) is 0 Å². The number of aromatic nitrogens is 1. The Morgan fingerprint density at radius 2 is 1.62 bits per heavy atom. The Hall–Kier alpha value is -1.18. The number of benzene rings is 1. The number of pyridine rings is 2. The van der Waals surface area contributed by atoms with Crippen molar-refractivity contribution >= 4 is 39.5 Å². The van der Waals surface area contributed by atoms with Gasteiger partial charge in [-0.1, -0.05) is 23.2 Å². The van der Waals surface area contributed by atoms with Crippen LogP contribution in [0.15, 0.2) is 48.8 Å². The fourth-order valence-corrected chi connectivity index (χ4v) is 2.43. The minimum absolute atomic E-state index is 0.665. The monoisotopic (exact) mass is 347 g/mol. The molecule has 0 spiro atoms. The lowest BCUT2D eigenvalue weighted by molar-refractivity contribution is -2.00. The number of hydrogen-bond acceptors (Lipinski definition) is 4. The standard InChI is InChI=1S/C13H8Cl2N.ClHO4/c14-10-5-9-6-11-3-1-2-4-16(11)8-12(9)13(15)7-10;2-1(3,4)5/h1-8H;(H,2,3,4,5)/q+1;/p-1. The molecule has 0 N–H and O–H groups in total. The van der Waals surface area contributed by atoms with Crippen LogP contribution >= 0.6 is 23.2 Å². The van der Waals surface area contributed by atoms with Gasteiger partial charge in [0, 0.05) is 23.2 Å². The summed E-state index contributed by atoms with van der Waals surface area (Å²) in [4.78, 5) is 0. The van der Waals surface area contributed by atoms with Gasteiger partial charge in [-0.2, -0.15) is 4.40 Å². The molecule has 110 valence electrons. The van der Waals surface area contributed by atoms with Crippen LogP contribution in [-0.4, -0.2) is 0 Å². The van der Waals surface area contributed by atoms with E-state index in [9.17, 15) is 0 Å². The normalized spacial score (nSPS) is 11.3. The molecule has 0 saturated carbocycles. The van der Waals surface area contributed by atoms with Gasteiger partial charge in [-0.3, -0.25) is 0 Å². The number of halogens is 3. The van der Waals surface area contributed by atoms with Gasteiger partial charge in [0.05, 0.1) is 10.4 Å². The highest BCUT2D eigenvalue weighted by molar-refractivity contribution is 6.38. The molecule has 0 aliphatic carbocycles. The SMILES string of the molecule is Clc1cc(Cl)c2c[n+]3ccccc3cc2c1.[O-][Cl+3]([O-])([O-])[O-]. The van der Waals surface area contributed by atoms with E-state index in [1.54, 1.807) is 6.07 Å². The van der Waals surface area contributed by atoms with Crippen LogP contribution in [0.5, 0.6) is 0 Å². The van der Waals surface area contributed by atoms with Gasteiger partial charge in [0.2, 0.25) is 5.52 Å². The van der Waals surface area contributed by atoms with E-state index >= 15 is 0 Å². The van der Waals surface area contributed by atoms with Crippen LogP contribution in [0.3, 0.4) is 0 Å². The van der Waals surface area contributed by atoms with Crippen molar-refractivity contribution in [1.29, 1.82) is 0 Å². The topological polar surface area (TPSA) is 96.3 Å². The van der Waals surface area contributed by atoms with Gasteiger partial charge >= 0.3 is 0 Å². The lowest BCUT2D eigenvalue weighted by atomic mass is 10.1. The van der Waals surface area contributed by atoms with Crippen LogP contribution in [0.4, 0.5) is 0 Å². The van der Waals surface area contributed by atoms with Gasteiger partial charge in [0.1, 0.15) is 0 Å². The third-order valence-electron chi connectivity index (χ3n) is 2.62. The zero-order chi connectivity index (χ0) is 15.6. The Morgan fingerprint density at radius 3 is 2.29 bits per heavy atom. The fraction of sp³-hybridized carbons (Fsp3) is 0. The van der Waals surface area contributed by atoms with Gasteiger partial charge < -0.3 is 0 Å².